The van der Waals surface area contributed by atoms with Gasteiger partial charge in [0.15, 0.2) is 11.4 Å². The zero-order chi connectivity index (χ0) is 73.6. The minimum Gasteiger partial charge on any atom is -0.493 e. The van der Waals surface area contributed by atoms with E-state index in [1.54, 1.807) is 54.0 Å². The molecule has 4 aromatic rings. The predicted molar refractivity (Wildman–Crippen MR) is 375 cm³/mol. The number of unbranched alkanes of at least 4 members (excludes halogenated alkanes) is 3. The lowest BCUT2D eigenvalue weighted by Gasteiger charge is -2.37. The molecular weight excluding hydrogens is 1340 g/mol. The van der Waals surface area contributed by atoms with Crippen LogP contribution in [0.1, 0.15) is 186 Å². The maximum Gasteiger partial charge on any atom is 0.437 e. The minimum atomic E-state index is -4.78. The van der Waals surface area contributed by atoms with Crippen LogP contribution in [0.5, 0.6) is 23.0 Å². The number of ether oxygens (including phenoxy) is 8. The molecule has 0 bridgehead atoms. The standard InChI is InChI=1S/C44H60N4O10S.C32H41F3N2O6/c1-28-37-32(33-24-31(15-16-34(33)45-28)56-22-12-21-55-6)17-18-43(58-37)26-35-38(50)46-44(40(52)47-59(53,54)42(5)19-20-42)25-30(44)14-11-9-7-8-10-13-29(39(51)48(35)27-43)23-36(49)57-41(2,3)4;1-5-6-7-8-9-11-21(2)29(38)37-20-31(19-26(37)30(39)41-4)15-14-23-24-18-22(42-17-10-16-40-3)12-13-25(24)36-28(27(23)43-31)32(33,34)35/h11,14-16,24,29-30,35H,7-10,12-13,17-23,25-27H2,1-6H3,(H,46,50)(H,47,52);5,12-13,18,21,26H,1,6-11,14-17,19-20H2,2-4H3/b14-11-;/t29-,30-,35+,43-,44-;21-,26-,31+/m10/s1. The van der Waals surface area contributed by atoms with Gasteiger partial charge in [0.05, 0.1) is 61.3 Å². The van der Waals surface area contributed by atoms with Gasteiger partial charge in [-0.2, -0.15) is 13.2 Å². The number of benzene rings is 2. The summed E-state index contributed by atoms with van der Waals surface area (Å²) >= 11 is 0. The number of alkyl halides is 3. The molecule has 26 heteroatoms. The van der Waals surface area contributed by atoms with E-state index in [4.69, 9.17) is 42.9 Å². The fourth-order valence-corrected chi connectivity index (χ4v) is 16.2. The van der Waals surface area contributed by atoms with Crippen molar-refractivity contribution >= 4 is 67.4 Å². The highest BCUT2D eigenvalue weighted by Gasteiger charge is 2.64. The highest BCUT2D eigenvalue weighted by molar-refractivity contribution is 7.91. The highest BCUT2D eigenvalue weighted by Crippen LogP contribution is 2.52. The number of hydrogen-bond acceptors (Lipinski definition) is 18. The number of aryl methyl sites for hydroxylation is 3. The van der Waals surface area contributed by atoms with Crippen LogP contribution in [0.3, 0.4) is 0 Å². The number of aromatic nitrogens is 2. The van der Waals surface area contributed by atoms with Crippen molar-refractivity contribution in [3.63, 3.8) is 0 Å². The third-order valence-electron chi connectivity index (χ3n) is 21.0. The molecule has 8 atom stereocenters. The molecule has 4 fully saturated rings. The molecule has 7 heterocycles. The number of nitrogens with one attached hydrogen (secondary N) is 2. The summed E-state index contributed by atoms with van der Waals surface area (Å²) in [7, 11) is 0.500. The summed E-state index contributed by atoms with van der Waals surface area (Å²) < 4.78 is 117. The number of allylic oxidation sites excluding steroid dienone is 2. The van der Waals surface area contributed by atoms with Gasteiger partial charge in [0.2, 0.25) is 27.7 Å². The molecule has 4 amide bonds. The molecule has 22 nitrogen and oxygen atoms in total. The average molecular weight is 1440 g/mol. The van der Waals surface area contributed by atoms with Crippen molar-refractivity contribution in [1.82, 2.24) is 29.8 Å². The predicted octanol–water partition coefficient (Wildman–Crippen LogP) is 11.6. The Morgan fingerprint density at radius 2 is 1.43 bits per heavy atom. The average Bonchev–Trinajstić information content (AvgIpc) is 1.39. The number of amides is 4. The highest BCUT2D eigenvalue weighted by atomic mass is 32.2. The summed E-state index contributed by atoms with van der Waals surface area (Å²) in [6.07, 6.45) is 12.9. The summed E-state index contributed by atoms with van der Waals surface area (Å²) in [6.45, 7) is 16.4. The lowest BCUT2D eigenvalue weighted by Crippen LogP contribution is -2.57. The third-order valence-corrected chi connectivity index (χ3v) is 23.1. The number of halogens is 3. The van der Waals surface area contributed by atoms with Crippen LogP contribution in [-0.2, 0) is 76.8 Å². The van der Waals surface area contributed by atoms with E-state index >= 15 is 0 Å². The van der Waals surface area contributed by atoms with Crippen molar-refractivity contribution in [1.29, 1.82) is 0 Å². The Morgan fingerprint density at radius 1 is 0.804 bits per heavy atom. The summed E-state index contributed by atoms with van der Waals surface area (Å²) in [6, 6.07) is 8.59. The molecule has 2 aromatic heterocycles. The molecule has 7 aliphatic rings. The van der Waals surface area contributed by atoms with Gasteiger partial charge in [-0.1, -0.05) is 50.8 Å². The first-order valence-electron chi connectivity index (χ1n) is 36.1. The molecule has 2 aromatic carbocycles. The quantitative estimate of drug-likeness (QED) is 0.0397. The molecule has 2 aliphatic carbocycles. The van der Waals surface area contributed by atoms with E-state index in [-0.39, 0.29) is 74.2 Å². The zero-order valence-corrected chi connectivity index (χ0v) is 61.3. The number of carbonyl (C=O) groups is 6. The molecule has 0 radical (unpaired) electrons. The van der Waals surface area contributed by atoms with Crippen LogP contribution < -0.4 is 29.0 Å². The van der Waals surface area contributed by atoms with E-state index < -0.39 is 96.7 Å². The van der Waals surface area contributed by atoms with Gasteiger partial charge in [0.25, 0.3) is 5.91 Å². The van der Waals surface area contributed by atoms with Gasteiger partial charge in [0.1, 0.15) is 51.7 Å². The van der Waals surface area contributed by atoms with Gasteiger partial charge in [-0.15, -0.1) is 6.58 Å². The van der Waals surface area contributed by atoms with Crippen LogP contribution in [0.15, 0.2) is 61.2 Å². The fraction of sp³-hybridized carbons (Fsp3) is 0.632. The Balaban J connectivity index is 0.000000231. The number of rotatable bonds is 23. The van der Waals surface area contributed by atoms with Gasteiger partial charge in [-0.25, -0.2) is 23.2 Å². The normalized spacial score (nSPS) is 25.1. The molecule has 0 unspecified atom stereocenters. The Bertz CT molecular complexity index is 3930. The molecule has 102 heavy (non-hydrogen) atoms. The number of sulfonamides is 1. The maximum absolute atomic E-state index is 14.9. The van der Waals surface area contributed by atoms with E-state index in [1.165, 1.54) is 23.0 Å². The molecule has 11 rings (SSSR count). The van der Waals surface area contributed by atoms with E-state index in [0.29, 0.717) is 125 Å². The number of methoxy groups -OCH3 is 3. The van der Waals surface area contributed by atoms with Crippen LogP contribution >= 0.6 is 0 Å². The van der Waals surface area contributed by atoms with E-state index in [1.807, 2.05) is 50.3 Å². The van der Waals surface area contributed by atoms with Crippen LogP contribution in [0.4, 0.5) is 13.2 Å². The Hall–Kier alpha value is -7.58. The van der Waals surface area contributed by atoms with Crippen LogP contribution in [0.25, 0.3) is 21.8 Å². The monoisotopic (exact) mass is 1440 g/mol. The van der Waals surface area contributed by atoms with Gasteiger partial charge in [-0.05, 0) is 154 Å². The molecule has 5 aliphatic heterocycles. The number of esters is 2. The second-order valence-electron chi connectivity index (χ2n) is 30.0. The van der Waals surface area contributed by atoms with Gasteiger partial charge < -0.3 is 53.0 Å². The van der Waals surface area contributed by atoms with Gasteiger partial charge in [0, 0.05) is 92.8 Å². The first kappa shape index (κ1) is 77.0. The first-order chi connectivity index (χ1) is 48.4. The van der Waals surface area contributed by atoms with Crippen molar-refractivity contribution in [2.75, 3.05) is 60.8 Å². The summed E-state index contributed by atoms with van der Waals surface area (Å²) in [4.78, 5) is 95.1. The molecular formula is C76H101F3N6O16S. The van der Waals surface area contributed by atoms with E-state index in [9.17, 15) is 50.4 Å². The van der Waals surface area contributed by atoms with Crippen LogP contribution in [0.2, 0.25) is 0 Å². The van der Waals surface area contributed by atoms with Gasteiger partial charge >= 0.3 is 18.1 Å². The molecule has 558 valence electrons. The fourth-order valence-electron chi connectivity index (χ4n) is 14.9. The van der Waals surface area contributed by atoms with E-state index in [2.05, 4.69) is 21.6 Å². The van der Waals surface area contributed by atoms with Crippen molar-refractivity contribution in [2.45, 2.75) is 228 Å². The number of hydrogen-bond donors (Lipinski definition) is 2. The van der Waals surface area contributed by atoms with E-state index in [0.717, 1.165) is 61.4 Å². The molecule has 2 saturated heterocycles. The zero-order valence-electron chi connectivity index (χ0n) is 60.5. The maximum atomic E-state index is 14.9. The Morgan fingerprint density at radius 3 is 2.04 bits per heavy atom. The van der Waals surface area contributed by atoms with Crippen molar-refractivity contribution in [2.24, 2.45) is 17.8 Å². The second-order valence-corrected chi connectivity index (χ2v) is 32.2. The summed E-state index contributed by atoms with van der Waals surface area (Å²) in [5.41, 5.74) is -2.51. The Kier molecular flexibility index (Phi) is 24.0. The minimum absolute atomic E-state index is 0.0101. The lowest BCUT2D eigenvalue weighted by atomic mass is 9.87. The van der Waals surface area contributed by atoms with Crippen molar-refractivity contribution < 1.29 is 88.3 Å². The molecule has 2 saturated carbocycles. The molecule has 2 N–H and O–H groups in total. The second kappa shape index (κ2) is 31.8. The Labute approximate surface area is 596 Å². The van der Waals surface area contributed by atoms with Crippen molar-refractivity contribution in [3.8, 4) is 23.0 Å². The molecule has 2 spiro atoms. The number of pyridine rings is 2. The smallest absolute Gasteiger partial charge is 0.437 e. The lowest BCUT2D eigenvalue weighted by molar-refractivity contribution is -0.159. The van der Waals surface area contributed by atoms with Crippen molar-refractivity contribution in [3.05, 3.63) is 83.7 Å². The number of carbonyl (C=O) groups excluding carboxylic acids is 6. The number of fused-ring (bicyclic) bond motifs is 8. The summed E-state index contributed by atoms with van der Waals surface area (Å²) in [5, 5.41) is 4.39. The topological polar surface area (TPSA) is 267 Å². The van der Waals surface area contributed by atoms with Crippen LogP contribution in [0, 0.1) is 24.7 Å². The number of nitrogens with zero attached hydrogens (tertiary/aromatic N) is 4. The van der Waals surface area contributed by atoms with Gasteiger partial charge in [-0.3, -0.25) is 28.7 Å². The largest absolute Gasteiger partial charge is 0.493 e. The first-order valence-corrected chi connectivity index (χ1v) is 37.6. The number of likely N-dealkylation sites (tertiary alicyclic amines) is 1. The summed E-state index contributed by atoms with van der Waals surface area (Å²) in [5.74, 6) is -3.10. The SMILES string of the molecule is C=CCCCCC[C@H](C)C(=O)N1C[C@@]2(CCc3c(c(C(F)(F)F)nc4ccc(OCCCOC)cc34)O2)C[C@H]1C(=O)OC.COCCCOc1ccc2nc(C)c3c(c2c1)CC[C@]1(C[C@H]2C(=O)N[C@]4(C(=O)NS(=O)(=O)C5(C)CC5)C[C@H]4/C=C\CCCCC[C@H](CC(=O)OC(C)(C)C)C(=O)N2C1)O3. The van der Waals surface area contributed by atoms with Crippen LogP contribution in [-0.4, -0.2) is 164 Å². The third kappa shape index (κ3) is 17.6.